The van der Waals surface area contributed by atoms with Crippen LogP contribution in [0.25, 0.3) is 16.9 Å². The summed E-state index contributed by atoms with van der Waals surface area (Å²) in [7, 11) is 0. The molecule has 0 amide bonds. The molecule has 0 radical (unpaired) electrons. The molecular formula is C13H10ClN5O2. The first-order chi connectivity index (χ1) is 10.1. The van der Waals surface area contributed by atoms with Crippen molar-refractivity contribution in [2.75, 3.05) is 0 Å². The summed E-state index contributed by atoms with van der Waals surface area (Å²) in [4.78, 5) is 27.5. The van der Waals surface area contributed by atoms with Crippen LogP contribution in [-0.4, -0.2) is 30.3 Å². The highest BCUT2D eigenvalue weighted by Crippen LogP contribution is 2.15. The molecule has 0 bridgehead atoms. The van der Waals surface area contributed by atoms with Crippen molar-refractivity contribution < 1.29 is 4.79 Å². The molecular weight excluding hydrogens is 294 g/mol. The first-order valence-electron chi connectivity index (χ1n) is 6.12. The maximum absolute atomic E-state index is 12.2. The third-order valence-electron chi connectivity index (χ3n) is 2.89. The van der Waals surface area contributed by atoms with Gasteiger partial charge < -0.3 is 0 Å². The monoisotopic (exact) mass is 303 g/mol. The van der Waals surface area contributed by atoms with Crippen LogP contribution < -0.4 is 5.56 Å². The minimum absolute atomic E-state index is 0.0322. The highest BCUT2D eigenvalue weighted by atomic mass is 35.5. The van der Waals surface area contributed by atoms with E-state index in [0.29, 0.717) is 16.4 Å². The van der Waals surface area contributed by atoms with Crippen LogP contribution in [0.3, 0.4) is 0 Å². The van der Waals surface area contributed by atoms with Gasteiger partial charge in [0.25, 0.3) is 5.56 Å². The Morgan fingerprint density at radius 1 is 1.29 bits per heavy atom. The number of Topliss-reactive ketones (excluding diaryl/α,β-unsaturated/α-hetero) is 1. The van der Waals surface area contributed by atoms with Crippen LogP contribution in [0.4, 0.5) is 0 Å². The van der Waals surface area contributed by atoms with Gasteiger partial charge in [0.15, 0.2) is 11.2 Å². The Bertz CT molecular complexity index is 882. The Balaban J connectivity index is 2.15. The van der Waals surface area contributed by atoms with Crippen LogP contribution in [-0.2, 0) is 11.3 Å². The Morgan fingerprint density at radius 2 is 2.00 bits per heavy atom. The zero-order chi connectivity index (χ0) is 15.0. The number of carbonyl (C=O) groups is 1. The Labute approximate surface area is 123 Å². The second-order valence-electron chi connectivity index (χ2n) is 4.53. The molecule has 2 aromatic heterocycles. The van der Waals surface area contributed by atoms with Crippen molar-refractivity contribution in [1.29, 1.82) is 0 Å². The third-order valence-corrected chi connectivity index (χ3v) is 3.15. The van der Waals surface area contributed by atoms with E-state index < -0.39 is 5.56 Å². The number of nitrogens with zero attached hydrogens (tertiary/aromatic N) is 5. The summed E-state index contributed by atoms with van der Waals surface area (Å²) in [5.74, 6) is -0.136. The summed E-state index contributed by atoms with van der Waals surface area (Å²) in [5, 5.41) is 8.39. The molecule has 0 aliphatic carbocycles. The molecule has 0 fully saturated rings. The zero-order valence-electron chi connectivity index (χ0n) is 11.0. The largest absolute Gasteiger partial charge is 0.298 e. The van der Waals surface area contributed by atoms with Crippen LogP contribution in [0.2, 0.25) is 5.02 Å². The second-order valence-corrected chi connectivity index (χ2v) is 4.97. The molecule has 8 heteroatoms. The lowest BCUT2D eigenvalue weighted by Gasteiger charge is -2.03. The lowest BCUT2D eigenvalue weighted by Crippen LogP contribution is -2.23. The highest BCUT2D eigenvalue weighted by molar-refractivity contribution is 6.30. The fourth-order valence-electron chi connectivity index (χ4n) is 1.95. The van der Waals surface area contributed by atoms with Gasteiger partial charge in [-0.3, -0.25) is 14.2 Å². The van der Waals surface area contributed by atoms with Gasteiger partial charge in [-0.25, -0.2) is 4.98 Å². The summed E-state index contributed by atoms with van der Waals surface area (Å²) < 4.78 is 2.66. The second kappa shape index (κ2) is 5.10. The van der Waals surface area contributed by atoms with Gasteiger partial charge in [-0.1, -0.05) is 16.8 Å². The van der Waals surface area contributed by atoms with E-state index in [0.717, 1.165) is 0 Å². The number of benzene rings is 1. The van der Waals surface area contributed by atoms with Gasteiger partial charge in [-0.15, -0.1) is 5.10 Å². The molecule has 21 heavy (non-hydrogen) atoms. The molecule has 0 saturated carbocycles. The van der Waals surface area contributed by atoms with E-state index in [9.17, 15) is 9.59 Å². The summed E-state index contributed by atoms with van der Waals surface area (Å²) >= 11 is 5.84. The van der Waals surface area contributed by atoms with Crippen LogP contribution in [0.5, 0.6) is 0 Å². The van der Waals surface area contributed by atoms with E-state index in [4.69, 9.17) is 11.6 Å². The summed E-state index contributed by atoms with van der Waals surface area (Å²) in [5.41, 5.74) is 0.754. The van der Waals surface area contributed by atoms with Crippen molar-refractivity contribution in [3.8, 4) is 5.69 Å². The predicted molar refractivity (Wildman–Crippen MR) is 76.6 cm³/mol. The van der Waals surface area contributed by atoms with Crippen molar-refractivity contribution in [3.63, 3.8) is 0 Å². The van der Waals surface area contributed by atoms with Gasteiger partial charge in [-0.05, 0) is 31.2 Å². The number of hydrogen-bond donors (Lipinski definition) is 0. The zero-order valence-corrected chi connectivity index (χ0v) is 11.8. The Morgan fingerprint density at radius 3 is 2.67 bits per heavy atom. The topological polar surface area (TPSA) is 82.7 Å². The summed E-state index contributed by atoms with van der Waals surface area (Å²) in [6.45, 7) is 1.37. The molecule has 2 heterocycles. The molecule has 0 atom stereocenters. The van der Waals surface area contributed by atoms with Crippen LogP contribution in [0.15, 0.2) is 35.4 Å². The van der Waals surface area contributed by atoms with Gasteiger partial charge in [0.05, 0.1) is 12.2 Å². The van der Waals surface area contributed by atoms with Gasteiger partial charge in [0, 0.05) is 5.02 Å². The Kier molecular flexibility index (Phi) is 3.26. The molecule has 0 unspecified atom stereocenters. The van der Waals surface area contributed by atoms with E-state index in [1.807, 2.05) is 0 Å². The summed E-state index contributed by atoms with van der Waals surface area (Å²) in [6.07, 6.45) is 1.32. The molecule has 3 aromatic rings. The first kappa shape index (κ1) is 13.4. The maximum Gasteiger partial charge on any atom is 0.283 e. The van der Waals surface area contributed by atoms with E-state index in [1.54, 1.807) is 24.3 Å². The van der Waals surface area contributed by atoms with E-state index in [2.05, 4.69) is 15.3 Å². The summed E-state index contributed by atoms with van der Waals surface area (Å²) in [6, 6.07) is 6.92. The van der Waals surface area contributed by atoms with Crippen LogP contribution in [0.1, 0.15) is 6.92 Å². The minimum Gasteiger partial charge on any atom is -0.298 e. The molecule has 0 saturated heterocycles. The highest BCUT2D eigenvalue weighted by Gasteiger charge is 2.13. The molecule has 0 spiro atoms. The fourth-order valence-corrected chi connectivity index (χ4v) is 2.08. The van der Waals surface area contributed by atoms with Crippen molar-refractivity contribution in [2.24, 2.45) is 0 Å². The number of ketones is 1. The molecule has 0 aliphatic heterocycles. The maximum atomic E-state index is 12.2. The number of rotatable bonds is 3. The van der Waals surface area contributed by atoms with Gasteiger partial charge >= 0.3 is 0 Å². The van der Waals surface area contributed by atoms with E-state index in [1.165, 1.54) is 22.5 Å². The van der Waals surface area contributed by atoms with Gasteiger partial charge in [0.1, 0.15) is 12.1 Å². The molecule has 106 valence electrons. The SMILES string of the molecule is CC(=O)Cn1cnc2c(nnn2-c2ccc(Cl)cc2)c1=O. The molecule has 0 aliphatic rings. The average molecular weight is 304 g/mol. The van der Waals surface area contributed by atoms with Gasteiger partial charge in [0.2, 0.25) is 0 Å². The van der Waals surface area contributed by atoms with Crippen molar-refractivity contribution in [3.05, 3.63) is 46.0 Å². The lowest BCUT2D eigenvalue weighted by atomic mass is 10.3. The normalized spacial score (nSPS) is 11.0. The van der Waals surface area contributed by atoms with Crippen LogP contribution in [0, 0.1) is 0 Å². The molecule has 1 aromatic carbocycles. The van der Waals surface area contributed by atoms with Crippen molar-refractivity contribution >= 4 is 28.5 Å². The number of aromatic nitrogens is 5. The van der Waals surface area contributed by atoms with Crippen molar-refractivity contribution in [2.45, 2.75) is 13.5 Å². The number of halogens is 1. The molecule has 0 N–H and O–H groups in total. The van der Waals surface area contributed by atoms with E-state index in [-0.39, 0.29) is 17.8 Å². The van der Waals surface area contributed by atoms with Crippen molar-refractivity contribution in [1.82, 2.24) is 24.5 Å². The quantitative estimate of drug-likeness (QED) is 0.726. The fraction of sp³-hybridized carbons (Fsp3) is 0.154. The Hall–Kier alpha value is -2.54. The predicted octanol–water partition coefficient (Wildman–Crippen LogP) is 1.22. The average Bonchev–Trinajstić information content (AvgIpc) is 2.87. The number of hydrogen-bond acceptors (Lipinski definition) is 5. The number of fused-ring (bicyclic) bond motifs is 1. The van der Waals surface area contributed by atoms with E-state index >= 15 is 0 Å². The minimum atomic E-state index is -0.393. The molecule has 3 rings (SSSR count). The number of carbonyl (C=O) groups excluding carboxylic acids is 1. The first-order valence-corrected chi connectivity index (χ1v) is 6.50. The lowest BCUT2D eigenvalue weighted by molar-refractivity contribution is -0.117. The molecule has 7 nitrogen and oxygen atoms in total. The van der Waals surface area contributed by atoms with Crippen LogP contribution >= 0.6 is 11.6 Å². The standard InChI is InChI=1S/C13H10ClN5O2/c1-8(20)6-18-7-15-12-11(13(18)21)16-17-19(12)10-4-2-9(14)3-5-10/h2-5,7H,6H2,1H3. The van der Waals surface area contributed by atoms with Gasteiger partial charge in [-0.2, -0.15) is 4.68 Å². The third kappa shape index (κ3) is 2.43. The smallest absolute Gasteiger partial charge is 0.283 e.